The fourth-order valence-electron chi connectivity index (χ4n) is 3.54. The Kier molecular flexibility index (Phi) is 11.1. The van der Waals surface area contributed by atoms with Crippen LogP contribution >= 0.6 is 0 Å². The fourth-order valence-corrected chi connectivity index (χ4v) is 3.54. The number of aldehydes is 1. The molecule has 7 nitrogen and oxygen atoms in total. The Morgan fingerprint density at radius 1 is 1.13 bits per heavy atom. The lowest BCUT2D eigenvalue weighted by Crippen LogP contribution is -2.44. The van der Waals surface area contributed by atoms with Gasteiger partial charge in [-0.15, -0.1) is 0 Å². The van der Waals surface area contributed by atoms with Crippen LogP contribution in [0.3, 0.4) is 0 Å². The molecule has 0 saturated carbocycles. The first-order chi connectivity index (χ1) is 14.5. The number of hydrogen-bond acceptors (Lipinski definition) is 5. The van der Waals surface area contributed by atoms with E-state index in [1.54, 1.807) is 11.9 Å². The maximum absolute atomic E-state index is 12.8. The van der Waals surface area contributed by atoms with E-state index in [2.05, 4.69) is 28.2 Å². The van der Waals surface area contributed by atoms with Crippen LogP contribution in [0.5, 0.6) is 0 Å². The number of likely N-dealkylation sites (N-methyl/N-ethyl adjacent to an activating group) is 1. The Labute approximate surface area is 181 Å². The summed E-state index contributed by atoms with van der Waals surface area (Å²) in [5, 5.41) is 2.54. The molecule has 1 aromatic carbocycles. The molecule has 2 amide bonds. The second-order valence-electron chi connectivity index (χ2n) is 6.98. The van der Waals surface area contributed by atoms with Gasteiger partial charge in [-0.1, -0.05) is 33.8 Å². The predicted molar refractivity (Wildman–Crippen MR) is 122 cm³/mol. The molecule has 1 atom stereocenters. The first-order valence-corrected chi connectivity index (χ1v) is 11.1. The number of nitrogens with one attached hydrogen (secondary N) is 1. The molecule has 30 heavy (non-hydrogen) atoms. The van der Waals surface area contributed by atoms with Crippen molar-refractivity contribution in [3.05, 3.63) is 29.3 Å². The van der Waals surface area contributed by atoms with Crippen molar-refractivity contribution in [2.75, 3.05) is 45.2 Å². The van der Waals surface area contributed by atoms with Crippen molar-refractivity contribution in [1.29, 1.82) is 0 Å². The molecule has 1 N–H and O–H groups in total. The van der Waals surface area contributed by atoms with Crippen LogP contribution in [0, 0.1) is 0 Å². The van der Waals surface area contributed by atoms with Crippen molar-refractivity contribution < 1.29 is 14.4 Å². The van der Waals surface area contributed by atoms with Crippen LogP contribution in [0.25, 0.3) is 0 Å². The Morgan fingerprint density at radius 2 is 1.77 bits per heavy atom. The quantitative estimate of drug-likeness (QED) is 0.719. The molecule has 1 aromatic rings. The summed E-state index contributed by atoms with van der Waals surface area (Å²) >= 11 is 0. The number of nitrogens with zero attached hydrogens (tertiary/aromatic N) is 3. The SMILES string of the molecule is CC.CC.CNC(=O)CCC(C=O)N1Cc2ccc(N3CCN(C)CC3)cc2C1=O. The highest BCUT2D eigenvalue weighted by molar-refractivity contribution is 6.00. The average Bonchev–Trinajstić information content (AvgIpc) is 3.13. The van der Waals surface area contributed by atoms with Crippen LogP contribution in [-0.4, -0.2) is 74.2 Å². The van der Waals surface area contributed by atoms with Gasteiger partial charge in [-0.05, 0) is 31.2 Å². The van der Waals surface area contributed by atoms with Gasteiger partial charge in [0.2, 0.25) is 5.91 Å². The van der Waals surface area contributed by atoms with E-state index in [1.165, 1.54) is 0 Å². The van der Waals surface area contributed by atoms with Gasteiger partial charge in [0.05, 0.1) is 6.04 Å². The molecule has 168 valence electrons. The maximum Gasteiger partial charge on any atom is 0.255 e. The van der Waals surface area contributed by atoms with Gasteiger partial charge in [0.1, 0.15) is 6.29 Å². The largest absolute Gasteiger partial charge is 0.369 e. The Balaban J connectivity index is 0.00000106. The van der Waals surface area contributed by atoms with Gasteiger partial charge in [-0.3, -0.25) is 9.59 Å². The van der Waals surface area contributed by atoms with Crippen molar-refractivity contribution in [3.8, 4) is 0 Å². The molecule has 7 heteroatoms. The highest BCUT2D eigenvalue weighted by Gasteiger charge is 2.33. The summed E-state index contributed by atoms with van der Waals surface area (Å²) in [6, 6.07) is 5.42. The summed E-state index contributed by atoms with van der Waals surface area (Å²) in [6.45, 7) is 12.3. The predicted octanol–water partition coefficient (Wildman–Crippen LogP) is 2.54. The highest BCUT2D eigenvalue weighted by Crippen LogP contribution is 2.29. The van der Waals surface area contributed by atoms with E-state index in [0.29, 0.717) is 18.5 Å². The summed E-state index contributed by atoms with van der Waals surface area (Å²) < 4.78 is 0. The van der Waals surface area contributed by atoms with Crippen LogP contribution in [0.1, 0.15) is 56.5 Å². The third-order valence-corrected chi connectivity index (χ3v) is 5.30. The summed E-state index contributed by atoms with van der Waals surface area (Å²) in [5.74, 6) is -0.247. The number of carbonyl (C=O) groups excluding carboxylic acids is 3. The van der Waals surface area contributed by atoms with Crippen molar-refractivity contribution in [2.24, 2.45) is 0 Å². The van der Waals surface area contributed by atoms with Gasteiger partial charge in [-0.25, -0.2) is 0 Å². The van der Waals surface area contributed by atoms with E-state index in [1.807, 2.05) is 39.8 Å². The lowest BCUT2D eigenvalue weighted by molar-refractivity contribution is -0.121. The number of benzene rings is 1. The standard InChI is InChI=1S/C19H26N4O3.2C2H6/c1-20-18(25)6-5-16(13-24)23-12-14-3-4-15(11-17(14)19(23)26)22-9-7-21(2)8-10-22;2*1-2/h3-4,11,13,16H,5-10,12H2,1-2H3,(H,20,25);2*1-2H3. The molecule has 1 fully saturated rings. The summed E-state index contributed by atoms with van der Waals surface area (Å²) in [7, 11) is 3.68. The number of piperazine rings is 1. The van der Waals surface area contributed by atoms with Gasteiger partial charge in [0.25, 0.3) is 5.91 Å². The van der Waals surface area contributed by atoms with Crippen molar-refractivity contribution in [3.63, 3.8) is 0 Å². The van der Waals surface area contributed by atoms with E-state index < -0.39 is 6.04 Å². The molecule has 0 aliphatic carbocycles. The molecule has 0 aromatic heterocycles. The van der Waals surface area contributed by atoms with Gasteiger partial charge in [0, 0.05) is 57.4 Å². The first kappa shape index (κ1) is 25.6. The number of hydrogen-bond donors (Lipinski definition) is 1. The molecule has 1 unspecified atom stereocenters. The summed E-state index contributed by atoms with van der Waals surface area (Å²) in [6.07, 6.45) is 1.34. The van der Waals surface area contributed by atoms with Gasteiger partial charge in [0.15, 0.2) is 0 Å². The number of amides is 2. The zero-order valence-corrected chi connectivity index (χ0v) is 19.4. The van der Waals surface area contributed by atoms with E-state index >= 15 is 0 Å². The third-order valence-electron chi connectivity index (χ3n) is 5.30. The van der Waals surface area contributed by atoms with Crippen molar-refractivity contribution in [2.45, 2.75) is 53.1 Å². The molecule has 2 aliphatic rings. The molecule has 1 saturated heterocycles. The van der Waals surface area contributed by atoms with Crippen molar-refractivity contribution in [1.82, 2.24) is 15.1 Å². The van der Waals surface area contributed by atoms with Crippen LogP contribution in [0.2, 0.25) is 0 Å². The van der Waals surface area contributed by atoms with Crippen LogP contribution < -0.4 is 10.2 Å². The minimum atomic E-state index is -0.570. The number of fused-ring (bicyclic) bond motifs is 1. The summed E-state index contributed by atoms with van der Waals surface area (Å²) in [4.78, 5) is 41.9. The second kappa shape index (κ2) is 13.0. The maximum atomic E-state index is 12.8. The third kappa shape index (κ3) is 6.29. The normalized spacial score (nSPS) is 16.5. The van der Waals surface area contributed by atoms with Crippen LogP contribution in [-0.2, 0) is 16.1 Å². The van der Waals surface area contributed by atoms with Gasteiger partial charge < -0.3 is 24.8 Å². The Hall–Kier alpha value is -2.41. The number of anilines is 1. The first-order valence-electron chi connectivity index (χ1n) is 11.1. The lowest BCUT2D eigenvalue weighted by atomic mass is 10.1. The van der Waals surface area contributed by atoms with Gasteiger partial charge in [-0.2, -0.15) is 0 Å². The molecule has 2 aliphatic heterocycles. The average molecular weight is 419 g/mol. The Bertz CT molecular complexity index is 700. The minimum absolute atomic E-state index is 0.120. The number of carbonyl (C=O) groups is 3. The molecule has 3 rings (SSSR count). The smallest absolute Gasteiger partial charge is 0.255 e. The molecule has 0 bridgehead atoms. The van der Waals surface area contributed by atoms with Crippen molar-refractivity contribution >= 4 is 23.8 Å². The molecule has 2 heterocycles. The topological polar surface area (TPSA) is 73.0 Å². The zero-order chi connectivity index (χ0) is 22.7. The van der Waals surface area contributed by atoms with E-state index in [-0.39, 0.29) is 18.2 Å². The van der Waals surface area contributed by atoms with E-state index in [9.17, 15) is 14.4 Å². The Morgan fingerprint density at radius 3 is 2.33 bits per heavy atom. The van der Waals surface area contributed by atoms with Crippen LogP contribution in [0.4, 0.5) is 5.69 Å². The summed E-state index contributed by atoms with van der Waals surface area (Å²) in [5.41, 5.74) is 2.67. The zero-order valence-electron chi connectivity index (χ0n) is 19.4. The van der Waals surface area contributed by atoms with Crippen LogP contribution in [0.15, 0.2) is 18.2 Å². The highest BCUT2D eigenvalue weighted by atomic mass is 16.2. The molecule has 0 radical (unpaired) electrons. The molecular weight excluding hydrogens is 380 g/mol. The molecular formula is C23H38N4O3. The number of rotatable bonds is 6. The van der Waals surface area contributed by atoms with E-state index in [0.717, 1.165) is 43.7 Å². The molecule has 0 spiro atoms. The second-order valence-corrected chi connectivity index (χ2v) is 6.98. The van der Waals surface area contributed by atoms with Gasteiger partial charge >= 0.3 is 0 Å². The monoisotopic (exact) mass is 418 g/mol. The fraction of sp³-hybridized carbons (Fsp3) is 0.609. The lowest BCUT2D eigenvalue weighted by Gasteiger charge is -2.34. The van der Waals surface area contributed by atoms with E-state index in [4.69, 9.17) is 0 Å². The minimum Gasteiger partial charge on any atom is -0.369 e.